The fourth-order valence-corrected chi connectivity index (χ4v) is 12.9. The maximum Gasteiger partial charge on any atom is 0.331 e. The number of carbonyl (C=O) groups is 1. The van der Waals surface area contributed by atoms with E-state index in [9.17, 15) is 35.4 Å². The molecule has 0 radical (unpaired) electrons. The van der Waals surface area contributed by atoms with Crippen molar-refractivity contribution in [2.75, 3.05) is 6.61 Å². The fourth-order valence-electron chi connectivity index (χ4n) is 12.9. The average molecular weight is 781 g/mol. The zero-order chi connectivity index (χ0) is 39.2. The van der Waals surface area contributed by atoms with Gasteiger partial charge in [0.05, 0.1) is 54.4 Å². The van der Waals surface area contributed by atoms with Gasteiger partial charge in [-0.2, -0.15) is 0 Å². The zero-order valence-electron chi connectivity index (χ0n) is 32.9. The monoisotopic (exact) mass is 780 g/mol. The second kappa shape index (κ2) is 15.1. The number of ether oxygens (including phenoxy) is 7. The van der Waals surface area contributed by atoms with E-state index < -0.39 is 90.9 Å². The van der Waals surface area contributed by atoms with Gasteiger partial charge in [-0.15, -0.1) is 0 Å². The highest BCUT2D eigenvalue weighted by molar-refractivity contribution is 5.85. The van der Waals surface area contributed by atoms with Crippen LogP contribution in [0.1, 0.15) is 105 Å². The van der Waals surface area contributed by atoms with E-state index >= 15 is 0 Å². The summed E-state index contributed by atoms with van der Waals surface area (Å²) in [7, 11) is 0. The van der Waals surface area contributed by atoms with E-state index in [1.54, 1.807) is 13.8 Å². The molecule has 14 nitrogen and oxygen atoms in total. The first-order valence-corrected chi connectivity index (χ1v) is 20.9. The molecule has 4 heterocycles. The molecule has 3 saturated heterocycles. The van der Waals surface area contributed by atoms with Gasteiger partial charge in [0, 0.05) is 43.1 Å². The minimum atomic E-state index is -1.01. The van der Waals surface area contributed by atoms with Gasteiger partial charge in [0.2, 0.25) is 0 Å². The van der Waals surface area contributed by atoms with Crippen molar-refractivity contribution >= 4 is 5.97 Å². The lowest BCUT2D eigenvalue weighted by atomic mass is 9.43. The van der Waals surface area contributed by atoms with Crippen LogP contribution in [0.25, 0.3) is 0 Å². The lowest BCUT2D eigenvalue weighted by Crippen LogP contribution is -2.62. The fraction of sp³-hybridized carbons (Fsp3) is 0.927. The molecule has 8 rings (SSSR count). The Balaban J connectivity index is 0.834. The smallest absolute Gasteiger partial charge is 0.331 e. The third-order valence-electron chi connectivity index (χ3n) is 15.8. The molecule has 14 heteroatoms. The van der Waals surface area contributed by atoms with Gasteiger partial charge in [-0.3, -0.25) is 0 Å². The first-order valence-electron chi connectivity index (χ1n) is 20.9. The van der Waals surface area contributed by atoms with Crippen molar-refractivity contribution in [3.05, 3.63) is 11.6 Å². The number of esters is 1. The van der Waals surface area contributed by atoms with Crippen molar-refractivity contribution in [2.45, 2.75) is 197 Å². The normalized spacial score (nSPS) is 55.5. The summed E-state index contributed by atoms with van der Waals surface area (Å²) in [6.45, 7) is 9.98. The van der Waals surface area contributed by atoms with E-state index in [1.807, 2.05) is 6.92 Å². The summed E-state index contributed by atoms with van der Waals surface area (Å²) in [5, 5.41) is 66.3. The quantitative estimate of drug-likeness (QED) is 0.162. The SMILES string of the molecule is C[C@H]1OC(OC2[C@@H](O)CC(OC3[C@@H](O)CC(OC4CC[C@@]5(C)[C@H](CC[C@@H]6[C@@H]5CC[C@]5(C)[C@@H](C7=CC(=O)OC7)[C@@H](O)C[C@]65O)C4)O[C@@H]3C)O[C@@H]2C)C[C@H](O)C1O. The molecular formula is C41H64O14. The average Bonchev–Trinajstić information content (AvgIpc) is 3.62. The Hall–Kier alpha value is -1.27. The van der Waals surface area contributed by atoms with Crippen LogP contribution in [0.2, 0.25) is 0 Å². The zero-order valence-corrected chi connectivity index (χ0v) is 32.9. The Labute approximate surface area is 323 Å². The summed E-state index contributed by atoms with van der Waals surface area (Å²) in [4.78, 5) is 12.0. The Morgan fingerprint density at radius 2 is 1.29 bits per heavy atom. The number of carbonyl (C=O) groups excluding carboxylic acids is 1. The first kappa shape index (κ1) is 40.5. The third-order valence-corrected chi connectivity index (χ3v) is 15.8. The lowest BCUT2D eigenvalue weighted by molar-refractivity contribution is -0.336. The summed E-state index contributed by atoms with van der Waals surface area (Å²) >= 11 is 0. The van der Waals surface area contributed by atoms with Crippen LogP contribution in [-0.2, 0) is 38.0 Å². The maximum absolute atomic E-state index is 12.6. The van der Waals surface area contributed by atoms with Crippen molar-refractivity contribution in [1.29, 1.82) is 0 Å². The van der Waals surface area contributed by atoms with Gasteiger partial charge in [-0.1, -0.05) is 13.8 Å². The summed E-state index contributed by atoms with van der Waals surface area (Å²) in [6, 6.07) is 0. The molecule has 0 aromatic heterocycles. The Kier molecular flexibility index (Phi) is 11.1. The van der Waals surface area contributed by atoms with E-state index in [-0.39, 0.29) is 55.2 Å². The van der Waals surface area contributed by atoms with E-state index in [4.69, 9.17) is 33.2 Å². The molecule has 55 heavy (non-hydrogen) atoms. The van der Waals surface area contributed by atoms with Gasteiger partial charge >= 0.3 is 5.97 Å². The molecular weight excluding hydrogens is 716 g/mol. The largest absolute Gasteiger partial charge is 0.458 e. The number of hydrogen-bond donors (Lipinski definition) is 6. The van der Waals surface area contributed by atoms with Crippen LogP contribution in [0.3, 0.4) is 0 Å². The topological polar surface area (TPSA) is 203 Å². The van der Waals surface area contributed by atoms with E-state index in [0.29, 0.717) is 18.3 Å². The van der Waals surface area contributed by atoms with Crippen molar-refractivity contribution in [2.24, 2.45) is 34.5 Å². The predicted octanol–water partition coefficient (Wildman–Crippen LogP) is 2.22. The molecule has 0 spiro atoms. The van der Waals surface area contributed by atoms with Crippen molar-refractivity contribution in [1.82, 2.24) is 0 Å². The van der Waals surface area contributed by atoms with Crippen LogP contribution < -0.4 is 0 Å². The molecule has 6 N–H and O–H groups in total. The highest BCUT2D eigenvalue weighted by atomic mass is 16.7. The molecule has 8 aliphatic rings. The number of hydrogen-bond acceptors (Lipinski definition) is 14. The van der Waals surface area contributed by atoms with Gasteiger partial charge in [-0.25, -0.2) is 4.79 Å². The molecule has 0 aromatic rings. The molecule has 0 amide bonds. The lowest BCUT2D eigenvalue weighted by Gasteiger charge is -2.63. The summed E-state index contributed by atoms with van der Waals surface area (Å²) in [6.07, 6.45) is -1.26. The van der Waals surface area contributed by atoms with Crippen LogP contribution in [-0.4, -0.2) is 135 Å². The van der Waals surface area contributed by atoms with Crippen molar-refractivity contribution in [3.8, 4) is 0 Å². The van der Waals surface area contributed by atoms with E-state index in [0.717, 1.165) is 50.5 Å². The van der Waals surface area contributed by atoms with Crippen LogP contribution in [0.5, 0.6) is 0 Å². The Bertz CT molecular complexity index is 1410. The van der Waals surface area contributed by atoms with Crippen LogP contribution in [0.4, 0.5) is 0 Å². The van der Waals surface area contributed by atoms with Crippen LogP contribution in [0, 0.1) is 34.5 Å². The Morgan fingerprint density at radius 1 is 0.691 bits per heavy atom. The minimum absolute atomic E-state index is 0.0203. The standard InChI is InChI=1S/C41H64O14/c1-19-36(47)27(42)14-33(50-19)54-38-21(3)52-34(16-29(38)44)55-37-20(2)51-32(15-28(37)43)53-24-8-10-39(4)23(13-24)6-7-26-25(39)9-11-40(5)35(22-12-31(46)49-18-22)30(45)17-41(26,40)48/h12,19-21,23-30,32-38,42-45,47-48H,6-11,13-18H2,1-5H3/t19-,20-,21-,23-,24?,25+,26-,27+,28+,29+,30+,32?,33?,34?,35+,36?,37?,38?,39+,40-,41+/m1/s1. The number of fused-ring (bicyclic) bond motifs is 5. The number of aliphatic hydroxyl groups is 6. The predicted molar refractivity (Wildman–Crippen MR) is 193 cm³/mol. The van der Waals surface area contributed by atoms with Gasteiger partial charge in [-0.05, 0) is 94.5 Å². The van der Waals surface area contributed by atoms with Gasteiger partial charge in [0.25, 0.3) is 0 Å². The highest BCUT2D eigenvalue weighted by Crippen LogP contribution is 2.70. The summed E-state index contributed by atoms with van der Waals surface area (Å²) < 4.78 is 42.1. The maximum atomic E-state index is 12.6. The molecule has 4 saturated carbocycles. The van der Waals surface area contributed by atoms with E-state index in [1.165, 1.54) is 6.08 Å². The molecule has 4 aliphatic heterocycles. The molecule has 312 valence electrons. The number of aliphatic hydroxyl groups excluding tert-OH is 5. The number of cyclic esters (lactones) is 1. The molecule has 7 unspecified atom stereocenters. The third kappa shape index (κ3) is 7.05. The van der Waals surface area contributed by atoms with Crippen molar-refractivity contribution in [3.63, 3.8) is 0 Å². The molecule has 21 atom stereocenters. The van der Waals surface area contributed by atoms with Gasteiger partial charge in [0.15, 0.2) is 18.9 Å². The second-order valence-corrected chi connectivity index (χ2v) is 18.9. The first-order chi connectivity index (χ1) is 26.0. The minimum Gasteiger partial charge on any atom is -0.458 e. The molecule has 0 aromatic carbocycles. The van der Waals surface area contributed by atoms with Gasteiger partial charge in [0.1, 0.15) is 24.9 Å². The van der Waals surface area contributed by atoms with Crippen LogP contribution >= 0.6 is 0 Å². The van der Waals surface area contributed by atoms with Gasteiger partial charge < -0.3 is 63.8 Å². The molecule has 7 fully saturated rings. The molecule has 0 bridgehead atoms. The van der Waals surface area contributed by atoms with Crippen LogP contribution in [0.15, 0.2) is 11.6 Å². The second-order valence-electron chi connectivity index (χ2n) is 18.9. The van der Waals surface area contributed by atoms with E-state index in [2.05, 4.69) is 13.8 Å². The highest BCUT2D eigenvalue weighted by Gasteiger charge is 2.70. The summed E-state index contributed by atoms with van der Waals surface area (Å²) in [5.41, 5.74) is -0.686. The summed E-state index contributed by atoms with van der Waals surface area (Å²) in [5.74, 6) is 0.174. The molecule has 4 aliphatic carbocycles. The Morgan fingerprint density at radius 3 is 1.87 bits per heavy atom. The van der Waals surface area contributed by atoms with Crippen molar-refractivity contribution < 1.29 is 68.6 Å². The number of rotatable bonds is 7.